The number of nitrogens with one attached hydrogen (secondary N) is 2. The minimum absolute atomic E-state index is 0.0885. The summed E-state index contributed by atoms with van der Waals surface area (Å²) in [5, 5.41) is 13.4. The van der Waals surface area contributed by atoms with Crippen molar-refractivity contribution in [3.8, 4) is 0 Å². The normalized spacial score (nSPS) is 10.8. The topological polar surface area (TPSA) is 70.7 Å². The maximum Gasteiger partial charge on any atom is 0.251 e. The zero-order chi connectivity index (χ0) is 15.4. The lowest BCUT2D eigenvalue weighted by molar-refractivity contribution is 0.0956. The molecule has 112 valence electrons. The Bertz CT molecular complexity index is 782. The minimum atomic E-state index is -0.0885. The highest BCUT2D eigenvalue weighted by atomic mass is 32.2. The number of benzene rings is 2. The lowest BCUT2D eigenvalue weighted by atomic mass is 10.2. The van der Waals surface area contributed by atoms with Crippen LogP contribution < -0.4 is 5.32 Å². The summed E-state index contributed by atoms with van der Waals surface area (Å²) in [5.74, 6) is 0.746. The number of thioether (sulfide) groups is 1. The van der Waals surface area contributed by atoms with Gasteiger partial charge in [-0.3, -0.25) is 4.79 Å². The van der Waals surface area contributed by atoms with Crippen LogP contribution >= 0.6 is 11.8 Å². The molecule has 0 fully saturated rings. The predicted molar refractivity (Wildman–Crippen MR) is 88.1 cm³/mol. The average Bonchev–Trinajstić information content (AvgIpc) is 3.00. The number of amides is 1. The number of fused-ring (bicyclic) bond motifs is 1. The van der Waals surface area contributed by atoms with Gasteiger partial charge in [0.25, 0.3) is 5.91 Å². The fourth-order valence-corrected chi connectivity index (χ4v) is 2.82. The smallest absolute Gasteiger partial charge is 0.251 e. The highest BCUT2D eigenvalue weighted by Gasteiger charge is 2.07. The van der Waals surface area contributed by atoms with E-state index < -0.39 is 0 Å². The van der Waals surface area contributed by atoms with E-state index in [2.05, 4.69) is 51.9 Å². The van der Waals surface area contributed by atoms with Crippen molar-refractivity contribution in [2.45, 2.75) is 11.8 Å². The number of nitrogens with zero attached hydrogens (tertiary/aromatic N) is 2. The van der Waals surface area contributed by atoms with Crippen molar-refractivity contribution in [1.29, 1.82) is 0 Å². The van der Waals surface area contributed by atoms with Gasteiger partial charge in [-0.1, -0.05) is 17.7 Å². The van der Waals surface area contributed by atoms with Crippen LogP contribution in [0.1, 0.15) is 15.9 Å². The highest BCUT2D eigenvalue weighted by molar-refractivity contribution is 7.99. The van der Waals surface area contributed by atoms with Crippen molar-refractivity contribution in [2.24, 2.45) is 0 Å². The summed E-state index contributed by atoms with van der Waals surface area (Å²) in [6.45, 7) is 2.69. The second-order valence-electron chi connectivity index (χ2n) is 4.94. The van der Waals surface area contributed by atoms with Gasteiger partial charge in [-0.05, 0) is 37.3 Å². The fraction of sp³-hybridized carbons (Fsp3) is 0.188. The molecule has 0 aliphatic heterocycles. The maximum atomic E-state index is 12.1. The molecule has 2 aromatic carbocycles. The molecule has 6 heteroatoms. The number of rotatable bonds is 5. The van der Waals surface area contributed by atoms with Crippen molar-refractivity contribution in [1.82, 2.24) is 20.7 Å². The number of hydrogen-bond donors (Lipinski definition) is 2. The first-order valence-electron chi connectivity index (χ1n) is 7.00. The second kappa shape index (κ2) is 6.62. The Hall–Kier alpha value is -2.34. The van der Waals surface area contributed by atoms with Crippen LogP contribution in [0.15, 0.2) is 47.4 Å². The van der Waals surface area contributed by atoms with Gasteiger partial charge in [-0.2, -0.15) is 15.4 Å². The Morgan fingerprint density at radius 2 is 1.91 bits per heavy atom. The van der Waals surface area contributed by atoms with Crippen molar-refractivity contribution in [3.05, 3.63) is 53.6 Å². The van der Waals surface area contributed by atoms with Gasteiger partial charge >= 0.3 is 0 Å². The molecule has 0 aliphatic carbocycles. The molecule has 1 amide bonds. The van der Waals surface area contributed by atoms with E-state index in [0.717, 1.165) is 11.3 Å². The van der Waals surface area contributed by atoms with Crippen LogP contribution in [0.5, 0.6) is 0 Å². The Morgan fingerprint density at radius 1 is 1.14 bits per heavy atom. The van der Waals surface area contributed by atoms with Crippen LogP contribution in [0.2, 0.25) is 0 Å². The average molecular weight is 312 g/mol. The van der Waals surface area contributed by atoms with Crippen LogP contribution in [0.4, 0.5) is 0 Å². The number of carbonyl (C=O) groups excluding carboxylic acids is 1. The number of H-pyrrole nitrogens is 1. The molecule has 1 heterocycles. The quantitative estimate of drug-likeness (QED) is 0.561. The first-order valence-corrected chi connectivity index (χ1v) is 7.99. The molecule has 22 heavy (non-hydrogen) atoms. The number of aryl methyl sites for hydroxylation is 1. The van der Waals surface area contributed by atoms with Gasteiger partial charge in [0.05, 0.1) is 0 Å². The highest BCUT2D eigenvalue weighted by Crippen LogP contribution is 2.17. The van der Waals surface area contributed by atoms with E-state index in [1.807, 2.05) is 0 Å². The summed E-state index contributed by atoms with van der Waals surface area (Å²) in [7, 11) is 0. The molecule has 2 N–H and O–H groups in total. The van der Waals surface area contributed by atoms with E-state index in [-0.39, 0.29) is 5.91 Å². The number of hydrogen-bond acceptors (Lipinski definition) is 4. The van der Waals surface area contributed by atoms with Crippen LogP contribution in [-0.4, -0.2) is 33.6 Å². The summed E-state index contributed by atoms with van der Waals surface area (Å²) < 4.78 is 0. The largest absolute Gasteiger partial charge is 0.351 e. The SMILES string of the molecule is Cc1ccc(SCCNC(=O)c2ccc3n[nH]nc3c2)cc1. The van der Waals surface area contributed by atoms with Gasteiger partial charge in [0, 0.05) is 22.8 Å². The molecule has 0 radical (unpaired) electrons. The van der Waals surface area contributed by atoms with Crippen LogP contribution in [0.3, 0.4) is 0 Å². The van der Waals surface area contributed by atoms with Crippen molar-refractivity contribution in [2.75, 3.05) is 12.3 Å². The van der Waals surface area contributed by atoms with Gasteiger partial charge in [-0.25, -0.2) is 0 Å². The summed E-state index contributed by atoms with van der Waals surface area (Å²) in [4.78, 5) is 13.3. The fourth-order valence-electron chi connectivity index (χ4n) is 2.05. The minimum Gasteiger partial charge on any atom is -0.351 e. The number of carbonyl (C=O) groups is 1. The molecule has 3 aromatic rings. The zero-order valence-electron chi connectivity index (χ0n) is 12.2. The molecular weight excluding hydrogens is 296 g/mol. The summed E-state index contributed by atoms with van der Waals surface area (Å²) >= 11 is 1.73. The standard InChI is InChI=1S/C16H16N4OS/c1-11-2-5-13(6-3-11)22-9-8-17-16(21)12-4-7-14-15(10-12)19-20-18-14/h2-7,10H,8-9H2,1H3,(H,17,21)(H,18,19,20). The maximum absolute atomic E-state index is 12.1. The van der Waals surface area contributed by atoms with Gasteiger partial charge in [0.15, 0.2) is 0 Å². The first kappa shape index (κ1) is 14.6. The Labute approximate surface area is 132 Å². The zero-order valence-corrected chi connectivity index (χ0v) is 13.0. The van der Waals surface area contributed by atoms with Crippen LogP contribution in [0.25, 0.3) is 11.0 Å². The predicted octanol–water partition coefficient (Wildman–Crippen LogP) is 2.79. The lowest BCUT2D eigenvalue weighted by Crippen LogP contribution is -2.25. The van der Waals surface area contributed by atoms with Gasteiger partial charge in [0.2, 0.25) is 0 Å². The number of aromatic nitrogens is 3. The van der Waals surface area contributed by atoms with Crippen molar-refractivity contribution >= 4 is 28.7 Å². The van der Waals surface area contributed by atoms with E-state index in [0.29, 0.717) is 17.6 Å². The van der Waals surface area contributed by atoms with Gasteiger partial charge in [-0.15, -0.1) is 11.8 Å². The van der Waals surface area contributed by atoms with E-state index in [9.17, 15) is 4.79 Å². The molecule has 0 aliphatic rings. The summed E-state index contributed by atoms with van der Waals surface area (Å²) in [6.07, 6.45) is 0. The van der Waals surface area contributed by atoms with Crippen LogP contribution in [-0.2, 0) is 0 Å². The van der Waals surface area contributed by atoms with Gasteiger partial charge in [0.1, 0.15) is 11.0 Å². The molecule has 0 unspecified atom stereocenters. The Kier molecular flexibility index (Phi) is 4.39. The van der Waals surface area contributed by atoms with E-state index in [1.54, 1.807) is 30.0 Å². The third-order valence-corrected chi connectivity index (χ3v) is 4.27. The molecule has 0 bridgehead atoms. The van der Waals surface area contributed by atoms with Crippen LogP contribution in [0, 0.1) is 6.92 Å². The van der Waals surface area contributed by atoms with E-state index in [1.165, 1.54) is 10.5 Å². The Morgan fingerprint density at radius 3 is 2.73 bits per heavy atom. The second-order valence-corrected chi connectivity index (χ2v) is 6.11. The molecule has 0 atom stereocenters. The first-order chi connectivity index (χ1) is 10.7. The summed E-state index contributed by atoms with van der Waals surface area (Å²) in [5.41, 5.74) is 3.30. The van der Waals surface area contributed by atoms with E-state index >= 15 is 0 Å². The van der Waals surface area contributed by atoms with E-state index in [4.69, 9.17) is 0 Å². The molecule has 5 nitrogen and oxygen atoms in total. The lowest BCUT2D eigenvalue weighted by Gasteiger charge is -2.05. The number of aromatic amines is 1. The molecule has 0 saturated heterocycles. The monoisotopic (exact) mass is 312 g/mol. The Balaban J connectivity index is 1.50. The molecule has 0 saturated carbocycles. The molecular formula is C16H16N4OS. The summed E-state index contributed by atoms with van der Waals surface area (Å²) in [6, 6.07) is 13.7. The van der Waals surface area contributed by atoms with Crippen molar-refractivity contribution in [3.63, 3.8) is 0 Å². The third-order valence-electron chi connectivity index (χ3n) is 3.26. The molecule has 3 rings (SSSR count). The van der Waals surface area contributed by atoms with Gasteiger partial charge < -0.3 is 5.32 Å². The molecule has 1 aromatic heterocycles. The van der Waals surface area contributed by atoms with Crippen molar-refractivity contribution < 1.29 is 4.79 Å². The molecule has 0 spiro atoms. The third kappa shape index (κ3) is 3.46.